The zero-order chi connectivity index (χ0) is 11.8. The number of carbonyl (C=O) groups excluding carboxylic acids is 1. The van der Waals surface area contributed by atoms with Crippen molar-refractivity contribution >= 4 is 34.1 Å². The van der Waals surface area contributed by atoms with E-state index in [1.807, 2.05) is 0 Å². The molecule has 1 rings (SSSR count). The Hall–Kier alpha value is -0.790. The fraction of sp³-hybridized carbons (Fsp3) is 0.556. The Morgan fingerprint density at radius 3 is 3.06 bits per heavy atom. The van der Waals surface area contributed by atoms with Crippen molar-refractivity contribution < 1.29 is 9.90 Å². The number of nitrogens with zero attached hydrogens (tertiary/aromatic N) is 1. The molecule has 0 unspecified atom stereocenters. The molecule has 0 aliphatic heterocycles. The van der Waals surface area contributed by atoms with Crippen LogP contribution < -0.4 is 11.1 Å². The summed E-state index contributed by atoms with van der Waals surface area (Å²) in [6.07, 6.45) is 0.793. The summed E-state index contributed by atoms with van der Waals surface area (Å²) in [5.41, 5.74) is 5.80. The van der Waals surface area contributed by atoms with E-state index in [2.05, 4.69) is 10.3 Å². The lowest BCUT2D eigenvalue weighted by atomic mass is 10.4. The van der Waals surface area contributed by atoms with E-state index in [4.69, 9.17) is 10.8 Å². The monoisotopic (exact) mass is 261 g/mol. The third-order valence-electron chi connectivity index (χ3n) is 1.73. The number of amides is 1. The van der Waals surface area contributed by atoms with Crippen LogP contribution >= 0.6 is 23.1 Å². The first-order valence-electron chi connectivity index (χ1n) is 4.92. The van der Waals surface area contributed by atoms with Gasteiger partial charge >= 0.3 is 0 Å². The van der Waals surface area contributed by atoms with Crippen LogP contribution in [0.25, 0.3) is 0 Å². The number of aliphatic hydroxyl groups excluding tert-OH is 1. The molecule has 16 heavy (non-hydrogen) atoms. The van der Waals surface area contributed by atoms with E-state index in [-0.39, 0.29) is 12.5 Å². The average molecular weight is 261 g/mol. The lowest BCUT2D eigenvalue weighted by Gasteiger charge is -2.02. The summed E-state index contributed by atoms with van der Waals surface area (Å²) in [5.74, 6) is 1.57. The topological polar surface area (TPSA) is 88.2 Å². The Balaban J connectivity index is 2.11. The molecule has 1 heterocycles. The third-order valence-corrected chi connectivity index (χ3v) is 3.48. The van der Waals surface area contributed by atoms with Crippen LogP contribution in [0.2, 0.25) is 0 Å². The predicted molar refractivity (Wildman–Crippen MR) is 67.9 cm³/mol. The van der Waals surface area contributed by atoms with Crippen LogP contribution in [-0.4, -0.2) is 40.7 Å². The standard InChI is InChI=1S/C9H15N3O2S2/c10-9-12-7(6-16-9)8(14)11-2-5-15-4-1-3-13/h6,13H,1-5H2,(H2,10,12)(H,11,14). The average Bonchev–Trinajstić information content (AvgIpc) is 2.70. The Bertz CT molecular complexity index is 330. The highest BCUT2D eigenvalue weighted by molar-refractivity contribution is 7.99. The molecule has 0 fully saturated rings. The molecule has 0 aliphatic rings. The van der Waals surface area contributed by atoms with Crippen molar-refractivity contribution in [2.24, 2.45) is 0 Å². The third kappa shape index (κ3) is 4.82. The van der Waals surface area contributed by atoms with E-state index >= 15 is 0 Å². The molecule has 0 aromatic carbocycles. The first-order valence-corrected chi connectivity index (χ1v) is 6.95. The summed E-state index contributed by atoms with van der Waals surface area (Å²) >= 11 is 2.96. The summed E-state index contributed by atoms with van der Waals surface area (Å²) in [4.78, 5) is 15.4. The van der Waals surface area contributed by atoms with Crippen LogP contribution in [0, 0.1) is 0 Å². The van der Waals surface area contributed by atoms with Crippen molar-refractivity contribution in [3.63, 3.8) is 0 Å². The van der Waals surface area contributed by atoms with Gasteiger partial charge in [-0.3, -0.25) is 4.79 Å². The predicted octanol–water partition coefficient (Wildman–Crippen LogP) is 0.571. The number of thioether (sulfide) groups is 1. The Morgan fingerprint density at radius 2 is 2.44 bits per heavy atom. The molecule has 0 aliphatic carbocycles. The second-order valence-corrected chi connectivity index (χ2v) is 5.13. The second kappa shape index (κ2) is 7.48. The van der Waals surface area contributed by atoms with Gasteiger partial charge in [0.25, 0.3) is 5.91 Å². The van der Waals surface area contributed by atoms with Crippen molar-refractivity contribution in [2.45, 2.75) is 6.42 Å². The van der Waals surface area contributed by atoms with Crippen LogP contribution in [-0.2, 0) is 0 Å². The molecule has 4 N–H and O–H groups in total. The lowest BCUT2D eigenvalue weighted by molar-refractivity contribution is 0.0952. The number of aromatic nitrogens is 1. The van der Waals surface area contributed by atoms with E-state index in [9.17, 15) is 4.79 Å². The number of thiazole rings is 1. The van der Waals surface area contributed by atoms with E-state index < -0.39 is 0 Å². The van der Waals surface area contributed by atoms with Crippen LogP contribution in [0.1, 0.15) is 16.9 Å². The minimum Gasteiger partial charge on any atom is -0.396 e. The van der Waals surface area contributed by atoms with Gasteiger partial charge in [-0.05, 0) is 12.2 Å². The maximum atomic E-state index is 11.5. The fourth-order valence-electron chi connectivity index (χ4n) is 0.988. The fourth-order valence-corrected chi connectivity index (χ4v) is 2.31. The molecule has 1 aromatic rings. The Kier molecular flexibility index (Phi) is 6.20. The molecular weight excluding hydrogens is 246 g/mol. The minimum atomic E-state index is -0.185. The molecule has 1 amide bonds. The number of anilines is 1. The minimum absolute atomic E-state index is 0.185. The van der Waals surface area contributed by atoms with Gasteiger partial charge in [0.15, 0.2) is 5.13 Å². The highest BCUT2D eigenvalue weighted by Crippen LogP contribution is 2.10. The van der Waals surface area contributed by atoms with Gasteiger partial charge in [0.1, 0.15) is 5.69 Å². The van der Waals surface area contributed by atoms with Crippen LogP contribution in [0.15, 0.2) is 5.38 Å². The van der Waals surface area contributed by atoms with Crippen molar-refractivity contribution in [3.8, 4) is 0 Å². The molecule has 90 valence electrons. The van der Waals surface area contributed by atoms with E-state index in [1.54, 1.807) is 17.1 Å². The maximum absolute atomic E-state index is 11.5. The summed E-state index contributed by atoms with van der Waals surface area (Å²) in [5, 5.41) is 13.4. The van der Waals surface area contributed by atoms with Gasteiger partial charge in [0.2, 0.25) is 0 Å². The van der Waals surface area contributed by atoms with Crippen molar-refractivity contribution in [1.82, 2.24) is 10.3 Å². The molecule has 7 heteroatoms. The van der Waals surface area contributed by atoms with Gasteiger partial charge in [-0.15, -0.1) is 11.3 Å². The molecule has 5 nitrogen and oxygen atoms in total. The summed E-state index contributed by atoms with van der Waals surface area (Å²) in [6, 6.07) is 0. The number of nitrogens with two attached hydrogens (primary N) is 1. The number of hydrogen-bond donors (Lipinski definition) is 3. The Morgan fingerprint density at radius 1 is 1.62 bits per heavy atom. The zero-order valence-electron chi connectivity index (χ0n) is 8.81. The lowest BCUT2D eigenvalue weighted by Crippen LogP contribution is -2.26. The smallest absolute Gasteiger partial charge is 0.270 e. The van der Waals surface area contributed by atoms with Crippen LogP contribution in [0.4, 0.5) is 5.13 Å². The quantitative estimate of drug-likeness (QED) is 0.625. The molecule has 0 saturated heterocycles. The molecule has 0 spiro atoms. The first-order chi connectivity index (χ1) is 7.74. The molecule has 0 radical (unpaired) electrons. The number of aliphatic hydroxyl groups is 1. The molecule has 1 aromatic heterocycles. The van der Waals surface area contributed by atoms with Gasteiger partial charge in [0.05, 0.1) is 0 Å². The van der Waals surface area contributed by atoms with Gasteiger partial charge in [-0.1, -0.05) is 0 Å². The van der Waals surface area contributed by atoms with E-state index in [0.717, 1.165) is 17.9 Å². The highest BCUT2D eigenvalue weighted by Gasteiger charge is 2.08. The highest BCUT2D eigenvalue weighted by atomic mass is 32.2. The zero-order valence-corrected chi connectivity index (χ0v) is 10.4. The number of hydrogen-bond acceptors (Lipinski definition) is 6. The van der Waals surface area contributed by atoms with Crippen LogP contribution in [0.3, 0.4) is 0 Å². The summed E-state index contributed by atoms with van der Waals surface area (Å²) < 4.78 is 0. The molecule has 0 bridgehead atoms. The van der Waals surface area contributed by atoms with Gasteiger partial charge in [-0.25, -0.2) is 4.98 Å². The van der Waals surface area contributed by atoms with E-state index in [0.29, 0.717) is 17.4 Å². The van der Waals surface area contributed by atoms with Gasteiger partial charge < -0.3 is 16.2 Å². The number of nitrogen functional groups attached to an aromatic ring is 1. The number of nitrogens with one attached hydrogen (secondary N) is 1. The van der Waals surface area contributed by atoms with Gasteiger partial charge in [-0.2, -0.15) is 11.8 Å². The van der Waals surface area contributed by atoms with Crippen molar-refractivity contribution in [1.29, 1.82) is 0 Å². The molecule has 0 saturated carbocycles. The Labute approximate surface area is 102 Å². The van der Waals surface area contributed by atoms with Crippen LogP contribution in [0.5, 0.6) is 0 Å². The van der Waals surface area contributed by atoms with E-state index in [1.165, 1.54) is 11.3 Å². The van der Waals surface area contributed by atoms with Gasteiger partial charge in [0, 0.05) is 24.3 Å². The molecular formula is C9H15N3O2S2. The summed E-state index contributed by atoms with van der Waals surface area (Å²) in [7, 11) is 0. The van der Waals surface area contributed by atoms with Crippen molar-refractivity contribution in [3.05, 3.63) is 11.1 Å². The van der Waals surface area contributed by atoms with Crippen molar-refractivity contribution in [2.75, 3.05) is 30.4 Å². The first kappa shape index (κ1) is 13.3. The largest absolute Gasteiger partial charge is 0.396 e. The number of rotatable bonds is 7. The maximum Gasteiger partial charge on any atom is 0.270 e. The SMILES string of the molecule is Nc1nc(C(=O)NCCSCCCO)cs1. The normalized spacial score (nSPS) is 10.3. The number of carbonyl (C=O) groups is 1. The summed E-state index contributed by atoms with van der Waals surface area (Å²) in [6.45, 7) is 0.823. The molecule has 0 atom stereocenters. The second-order valence-electron chi connectivity index (χ2n) is 3.02.